The zero-order chi connectivity index (χ0) is 19.0. The van der Waals surface area contributed by atoms with Crippen molar-refractivity contribution in [3.05, 3.63) is 47.5 Å². The lowest BCUT2D eigenvalue weighted by molar-refractivity contribution is 0.0984. The van der Waals surface area contributed by atoms with Gasteiger partial charge in [0.25, 0.3) is 5.91 Å². The number of aromatic nitrogens is 2. The van der Waals surface area contributed by atoms with E-state index in [4.69, 9.17) is 0 Å². The Hall–Kier alpha value is -2.32. The van der Waals surface area contributed by atoms with Gasteiger partial charge in [0, 0.05) is 31.5 Å². The van der Waals surface area contributed by atoms with Gasteiger partial charge in [-0.05, 0) is 49.9 Å². The van der Waals surface area contributed by atoms with Crippen LogP contribution >= 0.6 is 0 Å². The first-order chi connectivity index (χ1) is 13.0. The van der Waals surface area contributed by atoms with E-state index in [1.807, 2.05) is 6.92 Å². The van der Waals surface area contributed by atoms with Crippen molar-refractivity contribution >= 4 is 21.6 Å². The molecule has 1 aromatic carbocycles. The minimum Gasteiger partial charge on any atom is -0.306 e. The molecule has 0 atom stereocenters. The van der Waals surface area contributed by atoms with E-state index in [0.29, 0.717) is 36.6 Å². The van der Waals surface area contributed by atoms with Crippen LogP contribution in [0.1, 0.15) is 41.0 Å². The van der Waals surface area contributed by atoms with Gasteiger partial charge in [-0.15, -0.1) is 0 Å². The molecule has 1 saturated heterocycles. The summed E-state index contributed by atoms with van der Waals surface area (Å²) in [7, 11) is -3.47. The molecule has 3 heterocycles. The molecule has 0 spiro atoms. The molecule has 1 fully saturated rings. The smallest absolute Gasteiger partial charge is 0.278 e. The largest absolute Gasteiger partial charge is 0.306 e. The summed E-state index contributed by atoms with van der Waals surface area (Å²) in [6.07, 6.45) is 6.57. The van der Waals surface area contributed by atoms with Gasteiger partial charge in [-0.2, -0.15) is 4.31 Å². The molecule has 2 aliphatic heterocycles. The molecule has 0 bridgehead atoms. The van der Waals surface area contributed by atoms with Crippen LogP contribution in [0.25, 0.3) is 0 Å². The molecule has 27 heavy (non-hydrogen) atoms. The van der Waals surface area contributed by atoms with Crippen molar-refractivity contribution in [2.24, 2.45) is 0 Å². The van der Waals surface area contributed by atoms with Crippen molar-refractivity contribution in [3.8, 4) is 0 Å². The van der Waals surface area contributed by atoms with Crippen LogP contribution in [0.3, 0.4) is 0 Å². The third-order valence-corrected chi connectivity index (χ3v) is 7.04. The number of rotatable bonds is 3. The summed E-state index contributed by atoms with van der Waals surface area (Å²) in [6, 6.07) is 5.06. The van der Waals surface area contributed by atoms with Crippen LogP contribution in [0.4, 0.5) is 5.69 Å². The molecule has 0 aliphatic carbocycles. The van der Waals surface area contributed by atoms with Crippen molar-refractivity contribution in [3.63, 3.8) is 0 Å². The lowest BCUT2D eigenvalue weighted by atomic mass is 10.2. The Balaban J connectivity index is 1.60. The average Bonchev–Trinajstić information content (AvgIpc) is 3.12. The zero-order valence-electron chi connectivity index (χ0n) is 15.3. The highest BCUT2D eigenvalue weighted by Gasteiger charge is 2.30. The highest BCUT2D eigenvalue weighted by atomic mass is 32.2. The van der Waals surface area contributed by atoms with Crippen LogP contribution in [-0.2, 0) is 16.4 Å². The molecule has 2 aliphatic rings. The van der Waals surface area contributed by atoms with Gasteiger partial charge in [0.05, 0.1) is 16.8 Å². The Morgan fingerprint density at radius 1 is 1.04 bits per heavy atom. The van der Waals surface area contributed by atoms with E-state index in [1.54, 1.807) is 33.6 Å². The monoisotopic (exact) mass is 386 g/mol. The highest BCUT2D eigenvalue weighted by molar-refractivity contribution is 7.89. The van der Waals surface area contributed by atoms with Gasteiger partial charge in [0.15, 0.2) is 0 Å². The SMILES string of the molecule is Cc1cnc(C(=O)N2CCc3cc(S(=O)(=O)N4CCCCC4)ccc32)cn1. The number of nitrogens with zero attached hydrogens (tertiary/aromatic N) is 4. The van der Waals surface area contributed by atoms with Gasteiger partial charge in [-0.1, -0.05) is 6.42 Å². The Labute approximate surface area is 159 Å². The molecule has 0 N–H and O–H groups in total. The van der Waals surface area contributed by atoms with Crippen LogP contribution in [0.5, 0.6) is 0 Å². The molecular formula is C19H22N4O3S. The van der Waals surface area contributed by atoms with Crippen LogP contribution in [0.15, 0.2) is 35.5 Å². The number of sulfonamides is 1. The van der Waals surface area contributed by atoms with Gasteiger partial charge < -0.3 is 4.90 Å². The number of aryl methyl sites for hydroxylation is 1. The van der Waals surface area contributed by atoms with E-state index in [0.717, 1.165) is 36.2 Å². The molecule has 8 heteroatoms. The second-order valence-corrected chi connectivity index (χ2v) is 8.94. The standard InChI is InChI=1S/C19H22N4O3S/c1-14-12-21-17(13-20-14)19(24)23-10-7-15-11-16(5-6-18(15)23)27(25,26)22-8-3-2-4-9-22/h5-6,11-13H,2-4,7-10H2,1H3. The normalized spacial score (nSPS) is 17.7. The van der Waals surface area contributed by atoms with Crippen LogP contribution in [0, 0.1) is 6.92 Å². The predicted molar refractivity (Wildman–Crippen MR) is 101 cm³/mol. The zero-order valence-corrected chi connectivity index (χ0v) is 16.1. The maximum absolute atomic E-state index is 12.9. The minimum atomic E-state index is -3.47. The van der Waals surface area contributed by atoms with Gasteiger partial charge in [0.1, 0.15) is 5.69 Å². The summed E-state index contributed by atoms with van der Waals surface area (Å²) < 4.78 is 27.3. The Morgan fingerprint density at radius 3 is 2.52 bits per heavy atom. The average molecular weight is 386 g/mol. The summed E-state index contributed by atoms with van der Waals surface area (Å²) in [4.78, 5) is 23.0. The van der Waals surface area contributed by atoms with Crippen molar-refractivity contribution in [2.45, 2.75) is 37.5 Å². The molecule has 0 radical (unpaired) electrons. The number of hydrogen-bond acceptors (Lipinski definition) is 5. The Morgan fingerprint density at radius 2 is 1.81 bits per heavy atom. The number of piperidine rings is 1. The molecule has 0 unspecified atom stereocenters. The number of fused-ring (bicyclic) bond motifs is 1. The number of carbonyl (C=O) groups excluding carboxylic acids is 1. The van der Waals surface area contributed by atoms with Gasteiger partial charge >= 0.3 is 0 Å². The Bertz CT molecular complexity index is 967. The number of anilines is 1. The Kier molecular flexibility index (Phi) is 4.69. The van der Waals surface area contributed by atoms with E-state index in [9.17, 15) is 13.2 Å². The number of benzene rings is 1. The van der Waals surface area contributed by atoms with E-state index < -0.39 is 10.0 Å². The summed E-state index contributed by atoms with van der Waals surface area (Å²) in [6.45, 7) is 3.49. The fourth-order valence-corrected chi connectivity index (χ4v) is 5.21. The summed E-state index contributed by atoms with van der Waals surface area (Å²) >= 11 is 0. The summed E-state index contributed by atoms with van der Waals surface area (Å²) in [5, 5.41) is 0. The first-order valence-electron chi connectivity index (χ1n) is 9.20. The molecule has 142 valence electrons. The lowest BCUT2D eigenvalue weighted by Crippen LogP contribution is -2.35. The van der Waals surface area contributed by atoms with E-state index in [1.165, 1.54) is 6.20 Å². The van der Waals surface area contributed by atoms with E-state index in [-0.39, 0.29) is 5.91 Å². The van der Waals surface area contributed by atoms with Crippen LogP contribution < -0.4 is 4.90 Å². The van der Waals surface area contributed by atoms with E-state index >= 15 is 0 Å². The van der Waals surface area contributed by atoms with Crippen LogP contribution in [-0.4, -0.2) is 48.2 Å². The van der Waals surface area contributed by atoms with Crippen molar-refractivity contribution < 1.29 is 13.2 Å². The van der Waals surface area contributed by atoms with Gasteiger partial charge in [-0.25, -0.2) is 13.4 Å². The lowest BCUT2D eigenvalue weighted by Gasteiger charge is -2.26. The molecule has 1 amide bonds. The molecule has 1 aromatic heterocycles. The molecule has 7 nitrogen and oxygen atoms in total. The van der Waals surface area contributed by atoms with Crippen molar-refractivity contribution in [1.82, 2.24) is 14.3 Å². The number of hydrogen-bond donors (Lipinski definition) is 0. The quantitative estimate of drug-likeness (QED) is 0.807. The minimum absolute atomic E-state index is 0.215. The summed E-state index contributed by atoms with van der Waals surface area (Å²) in [5.74, 6) is -0.215. The molecule has 2 aromatic rings. The van der Waals surface area contributed by atoms with Crippen LogP contribution in [0.2, 0.25) is 0 Å². The second kappa shape index (κ2) is 7.01. The van der Waals surface area contributed by atoms with E-state index in [2.05, 4.69) is 9.97 Å². The maximum Gasteiger partial charge on any atom is 0.278 e. The number of amides is 1. The topological polar surface area (TPSA) is 83.5 Å². The fourth-order valence-electron chi connectivity index (χ4n) is 3.65. The molecular weight excluding hydrogens is 364 g/mol. The second-order valence-electron chi connectivity index (χ2n) is 7.01. The summed E-state index contributed by atoms with van der Waals surface area (Å²) in [5.41, 5.74) is 2.67. The predicted octanol–water partition coefficient (Wildman–Crippen LogP) is 2.16. The number of carbonyl (C=O) groups is 1. The first kappa shape index (κ1) is 18.1. The third kappa shape index (κ3) is 3.35. The van der Waals surface area contributed by atoms with Gasteiger partial charge in [0.2, 0.25) is 10.0 Å². The highest BCUT2D eigenvalue weighted by Crippen LogP contribution is 2.32. The third-order valence-electron chi connectivity index (χ3n) is 5.14. The van der Waals surface area contributed by atoms with Gasteiger partial charge in [-0.3, -0.25) is 9.78 Å². The molecule has 0 saturated carbocycles. The fraction of sp³-hybridized carbons (Fsp3) is 0.421. The maximum atomic E-state index is 12.9. The first-order valence-corrected chi connectivity index (χ1v) is 10.6. The molecule has 4 rings (SSSR count). The van der Waals surface area contributed by atoms with Crippen molar-refractivity contribution in [1.29, 1.82) is 0 Å². The van der Waals surface area contributed by atoms with Crippen molar-refractivity contribution in [2.75, 3.05) is 24.5 Å².